The minimum absolute atomic E-state index is 0. The number of amidine groups is 1. The third kappa shape index (κ3) is 3.32. The number of hydrogen-bond acceptors (Lipinski definition) is 7. The van der Waals surface area contributed by atoms with Crippen LogP contribution in [0.3, 0.4) is 0 Å². The highest BCUT2D eigenvalue weighted by atomic mass is 35.5. The SMILES string of the molecule is COc1nc(N2C[C@@H]3CN=C(N)S[C@@]3(c3ccccc3)C2)nc(C)c1F.Cl. The first-order chi connectivity index (χ1) is 12.5. The van der Waals surface area contributed by atoms with Gasteiger partial charge in [-0.3, -0.25) is 4.99 Å². The number of ether oxygens (including phenoxy) is 1. The van der Waals surface area contributed by atoms with Crippen LogP contribution in [0.5, 0.6) is 5.88 Å². The number of nitrogens with zero attached hydrogens (tertiary/aromatic N) is 4. The first kappa shape index (κ1) is 19.7. The van der Waals surface area contributed by atoms with Crippen molar-refractivity contribution in [1.29, 1.82) is 0 Å². The van der Waals surface area contributed by atoms with Crippen molar-refractivity contribution in [2.24, 2.45) is 16.6 Å². The van der Waals surface area contributed by atoms with Crippen molar-refractivity contribution in [2.45, 2.75) is 11.7 Å². The number of fused-ring (bicyclic) bond motifs is 1. The predicted octanol–water partition coefficient (Wildman–Crippen LogP) is 2.75. The average Bonchev–Trinajstić information content (AvgIpc) is 3.04. The van der Waals surface area contributed by atoms with E-state index in [0.29, 0.717) is 24.2 Å². The lowest BCUT2D eigenvalue weighted by Gasteiger charge is -2.36. The second kappa shape index (κ2) is 7.52. The van der Waals surface area contributed by atoms with E-state index in [2.05, 4.69) is 32.0 Å². The van der Waals surface area contributed by atoms with Crippen molar-refractivity contribution in [3.63, 3.8) is 0 Å². The third-order valence-electron chi connectivity index (χ3n) is 4.99. The number of halogens is 2. The molecular weight excluding hydrogens is 389 g/mol. The number of thioether (sulfide) groups is 1. The molecule has 27 heavy (non-hydrogen) atoms. The molecule has 3 heterocycles. The van der Waals surface area contributed by atoms with E-state index in [0.717, 1.165) is 6.54 Å². The number of methoxy groups -OCH3 is 1. The van der Waals surface area contributed by atoms with Crippen molar-refractivity contribution in [3.05, 3.63) is 47.4 Å². The molecule has 1 fully saturated rings. The van der Waals surface area contributed by atoms with Gasteiger partial charge >= 0.3 is 0 Å². The molecule has 144 valence electrons. The number of aromatic nitrogens is 2. The van der Waals surface area contributed by atoms with Gasteiger partial charge in [0.1, 0.15) is 0 Å². The summed E-state index contributed by atoms with van der Waals surface area (Å²) in [5, 5.41) is 0.598. The Morgan fingerprint density at radius 2 is 2.04 bits per heavy atom. The molecule has 9 heteroatoms. The molecule has 2 aromatic rings. The third-order valence-corrected chi connectivity index (χ3v) is 6.39. The van der Waals surface area contributed by atoms with Crippen molar-refractivity contribution in [1.82, 2.24) is 9.97 Å². The molecular formula is C18H21ClFN5OS. The Hall–Kier alpha value is -2.06. The molecule has 2 N–H and O–H groups in total. The lowest BCUT2D eigenvalue weighted by Crippen LogP contribution is -2.39. The van der Waals surface area contributed by atoms with Crippen molar-refractivity contribution in [3.8, 4) is 5.88 Å². The fraction of sp³-hybridized carbons (Fsp3) is 0.389. The van der Waals surface area contributed by atoms with Crippen LogP contribution in [0.2, 0.25) is 0 Å². The topological polar surface area (TPSA) is 76.6 Å². The van der Waals surface area contributed by atoms with Gasteiger partial charge in [-0.1, -0.05) is 42.1 Å². The molecule has 6 nitrogen and oxygen atoms in total. The van der Waals surface area contributed by atoms with Crippen LogP contribution in [-0.2, 0) is 4.75 Å². The van der Waals surface area contributed by atoms with E-state index in [1.165, 1.54) is 12.7 Å². The van der Waals surface area contributed by atoms with Crippen LogP contribution in [0.25, 0.3) is 0 Å². The van der Waals surface area contributed by atoms with Crippen LogP contribution in [0, 0.1) is 18.7 Å². The molecule has 2 aliphatic rings. The monoisotopic (exact) mass is 409 g/mol. The quantitative estimate of drug-likeness (QED) is 0.839. The van der Waals surface area contributed by atoms with E-state index >= 15 is 0 Å². The van der Waals surface area contributed by atoms with Crippen LogP contribution < -0.4 is 15.4 Å². The summed E-state index contributed by atoms with van der Waals surface area (Å²) in [5.74, 6) is 0.193. The summed E-state index contributed by atoms with van der Waals surface area (Å²) >= 11 is 1.60. The van der Waals surface area contributed by atoms with Crippen LogP contribution in [0.15, 0.2) is 35.3 Å². The van der Waals surface area contributed by atoms with Gasteiger partial charge < -0.3 is 15.4 Å². The fourth-order valence-corrected chi connectivity index (χ4v) is 4.99. The number of nitrogens with two attached hydrogens (primary N) is 1. The normalized spacial score (nSPS) is 24.0. The molecule has 1 aromatic heterocycles. The molecule has 1 aromatic carbocycles. The minimum Gasteiger partial charge on any atom is -0.479 e. The lowest BCUT2D eigenvalue weighted by molar-refractivity contribution is 0.365. The Bertz CT molecular complexity index is 868. The molecule has 1 saturated heterocycles. The summed E-state index contributed by atoms with van der Waals surface area (Å²) in [5.41, 5.74) is 7.57. The summed E-state index contributed by atoms with van der Waals surface area (Å²) in [6.45, 7) is 3.68. The molecule has 4 rings (SSSR count). The Morgan fingerprint density at radius 1 is 1.30 bits per heavy atom. The molecule has 2 aliphatic heterocycles. The maximum atomic E-state index is 14.0. The molecule has 0 aliphatic carbocycles. The summed E-state index contributed by atoms with van der Waals surface area (Å²) in [6, 6.07) is 10.3. The zero-order valence-electron chi connectivity index (χ0n) is 15.1. The standard InChI is InChI=1S/C18H20FN5OS.ClH/c1-11-14(19)15(25-2)23-17(22-11)24-9-13-8-21-16(20)26-18(13,10-24)12-6-4-3-5-7-12;/h3-7,13H,8-10H2,1-2H3,(H2,20,21);1H/t13-,18+;/m0./s1. The van der Waals surface area contributed by atoms with E-state index in [1.54, 1.807) is 18.7 Å². The van der Waals surface area contributed by atoms with Gasteiger partial charge in [-0.25, -0.2) is 4.98 Å². The van der Waals surface area contributed by atoms with E-state index in [1.807, 2.05) is 18.2 Å². The second-order valence-corrected chi connectivity index (χ2v) is 7.90. The van der Waals surface area contributed by atoms with Gasteiger partial charge in [0.05, 0.1) is 17.6 Å². The van der Waals surface area contributed by atoms with Crippen molar-refractivity contribution in [2.75, 3.05) is 31.6 Å². The number of rotatable bonds is 3. The van der Waals surface area contributed by atoms with Gasteiger partial charge in [0.25, 0.3) is 5.88 Å². The Labute approximate surface area is 167 Å². The highest BCUT2D eigenvalue weighted by Crippen LogP contribution is 2.50. The minimum atomic E-state index is -0.521. The number of benzene rings is 1. The van der Waals surface area contributed by atoms with Crippen LogP contribution >= 0.6 is 24.2 Å². The summed E-state index contributed by atoms with van der Waals surface area (Å²) in [4.78, 5) is 15.1. The largest absolute Gasteiger partial charge is 0.479 e. The van der Waals surface area contributed by atoms with E-state index in [4.69, 9.17) is 10.5 Å². The maximum Gasteiger partial charge on any atom is 0.255 e. The Morgan fingerprint density at radius 3 is 2.74 bits per heavy atom. The summed E-state index contributed by atoms with van der Waals surface area (Å²) in [7, 11) is 1.41. The maximum absolute atomic E-state index is 14.0. The molecule has 0 radical (unpaired) electrons. The predicted molar refractivity (Wildman–Crippen MR) is 108 cm³/mol. The van der Waals surface area contributed by atoms with Gasteiger partial charge in [0.2, 0.25) is 11.8 Å². The number of aryl methyl sites for hydroxylation is 1. The first-order valence-electron chi connectivity index (χ1n) is 8.41. The Balaban J connectivity index is 0.00000210. The molecule has 0 amide bonds. The molecule has 0 bridgehead atoms. The van der Waals surface area contributed by atoms with Crippen LogP contribution in [0.4, 0.5) is 10.3 Å². The number of anilines is 1. The molecule has 0 spiro atoms. The molecule has 0 saturated carbocycles. The number of aliphatic imine (C=N–C) groups is 1. The highest BCUT2D eigenvalue weighted by molar-refractivity contribution is 8.14. The summed E-state index contributed by atoms with van der Waals surface area (Å²) in [6.07, 6.45) is 0. The summed E-state index contributed by atoms with van der Waals surface area (Å²) < 4.78 is 18.9. The zero-order valence-corrected chi connectivity index (χ0v) is 16.7. The van der Waals surface area contributed by atoms with Crippen molar-refractivity contribution >= 4 is 35.3 Å². The average molecular weight is 410 g/mol. The zero-order chi connectivity index (χ0) is 18.3. The van der Waals surface area contributed by atoms with Gasteiger partial charge in [0, 0.05) is 25.6 Å². The lowest BCUT2D eigenvalue weighted by atomic mass is 9.87. The van der Waals surface area contributed by atoms with E-state index in [-0.39, 0.29) is 34.6 Å². The Kier molecular flexibility index (Phi) is 5.48. The number of hydrogen-bond donors (Lipinski definition) is 1. The molecule has 0 unspecified atom stereocenters. The van der Waals surface area contributed by atoms with E-state index in [9.17, 15) is 4.39 Å². The van der Waals surface area contributed by atoms with Gasteiger partial charge in [0.15, 0.2) is 5.17 Å². The fourth-order valence-electron chi connectivity index (χ4n) is 3.68. The van der Waals surface area contributed by atoms with E-state index < -0.39 is 5.82 Å². The van der Waals surface area contributed by atoms with Crippen LogP contribution in [-0.4, -0.2) is 41.9 Å². The highest BCUT2D eigenvalue weighted by Gasteiger charge is 2.51. The van der Waals surface area contributed by atoms with Gasteiger partial charge in [-0.2, -0.15) is 9.37 Å². The molecule has 2 atom stereocenters. The van der Waals surface area contributed by atoms with Crippen LogP contribution in [0.1, 0.15) is 11.3 Å². The van der Waals surface area contributed by atoms with Gasteiger partial charge in [-0.05, 0) is 12.5 Å². The smallest absolute Gasteiger partial charge is 0.255 e. The van der Waals surface area contributed by atoms with Crippen molar-refractivity contribution < 1.29 is 9.13 Å². The van der Waals surface area contributed by atoms with Gasteiger partial charge in [-0.15, -0.1) is 12.4 Å². The first-order valence-corrected chi connectivity index (χ1v) is 9.22. The second-order valence-electron chi connectivity index (χ2n) is 6.55.